The fourth-order valence-electron chi connectivity index (χ4n) is 2.35. The van der Waals surface area contributed by atoms with E-state index in [-0.39, 0.29) is 11.2 Å². The van der Waals surface area contributed by atoms with Gasteiger partial charge in [0.2, 0.25) is 0 Å². The topological polar surface area (TPSA) is 21.3 Å². The average molecular weight is 219 g/mol. The summed E-state index contributed by atoms with van der Waals surface area (Å²) >= 11 is 0. The van der Waals surface area contributed by atoms with E-state index in [9.17, 15) is 0 Å². The Bertz CT molecular complexity index is 369. The van der Waals surface area contributed by atoms with Gasteiger partial charge in [0.25, 0.3) is 0 Å². The molecule has 1 aromatic rings. The number of morpholine rings is 1. The summed E-state index contributed by atoms with van der Waals surface area (Å²) in [7, 11) is 0. The molecule has 0 spiro atoms. The second-order valence-electron chi connectivity index (χ2n) is 5.56. The van der Waals surface area contributed by atoms with Crippen molar-refractivity contribution in [1.82, 2.24) is 5.32 Å². The van der Waals surface area contributed by atoms with Gasteiger partial charge in [-0.05, 0) is 33.3 Å². The molecule has 1 saturated heterocycles. The van der Waals surface area contributed by atoms with Crippen molar-refractivity contribution >= 4 is 0 Å². The summed E-state index contributed by atoms with van der Waals surface area (Å²) < 4.78 is 6.22. The molecule has 2 heteroatoms. The van der Waals surface area contributed by atoms with Gasteiger partial charge in [-0.3, -0.25) is 0 Å². The fourth-order valence-corrected chi connectivity index (χ4v) is 2.35. The highest BCUT2D eigenvalue weighted by atomic mass is 16.5. The maximum atomic E-state index is 6.22. The Hall–Kier alpha value is -0.860. The second-order valence-corrected chi connectivity index (χ2v) is 5.56. The minimum atomic E-state index is -0.213. The summed E-state index contributed by atoms with van der Waals surface area (Å²) in [5.74, 6) is 0. The van der Waals surface area contributed by atoms with Crippen LogP contribution in [0.5, 0.6) is 0 Å². The van der Waals surface area contributed by atoms with Crippen LogP contribution in [0, 0.1) is 6.92 Å². The molecule has 1 fully saturated rings. The molecule has 16 heavy (non-hydrogen) atoms. The van der Waals surface area contributed by atoms with Gasteiger partial charge in [0.1, 0.15) is 5.60 Å². The first-order chi connectivity index (χ1) is 7.41. The van der Waals surface area contributed by atoms with Crippen molar-refractivity contribution in [2.24, 2.45) is 0 Å². The maximum Gasteiger partial charge on any atom is 0.103 e. The van der Waals surface area contributed by atoms with Crippen molar-refractivity contribution in [3.8, 4) is 0 Å². The summed E-state index contributed by atoms with van der Waals surface area (Å²) in [5.41, 5.74) is 2.22. The van der Waals surface area contributed by atoms with E-state index in [2.05, 4.69) is 57.3 Å². The molecule has 0 bridgehead atoms. The van der Waals surface area contributed by atoms with E-state index in [0.717, 1.165) is 13.1 Å². The van der Waals surface area contributed by atoms with Crippen molar-refractivity contribution in [1.29, 1.82) is 0 Å². The first kappa shape index (κ1) is 11.6. The Balaban J connectivity index is 2.27. The zero-order valence-electron chi connectivity index (χ0n) is 10.6. The van der Waals surface area contributed by atoms with Crippen LogP contribution in [-0.2, 0) is 10.3 Å². The van der Waals surface area contributed by atoms with Gasteiger partial charge in [-0.1, -0.05) is 29.8 Å². The molecule has 2 rings (SSSR count). The molecular formula is C14H21NO. The number of benzene rings is 1. The molecule has 1 aliphatic heterocycles. The lowest BCUT2D eigenvalue weighted by Gasteiger charge is -2.44. The lowest BCUT2D eigenvalue weighted by molar-refractivity contribution is -0.157. The number of nitrogens with one attached hydrogen (secondary N) is 1. The molecule has 1 unspecified atom stereocenters. The highest BCUT2D eigenvalue weighted by Gasteiger charge is 2.38. The molecule has 0 saturated carbocycles. The third kappa shape index (κ3) is 2.28. The summed E-state index contributed by atoms with van der Waals surface area (Å²) in [6.07, 6.45) is 0. The van der Waals surface area contributed by atoms with E-state index in [1.165, 1.54) is 11.1 Å². The van der Waals surface area contributed by atoms with E-state index < -0.39 is 0 Å². The van der Waals surface area contributed by atoms with E-state index in [0.29, 0.717) is 0 Å². The van der Waals surface area contributed by atoms with Gasteiger partial charge >= 0.3 is 0 Å². The fraction of sp³-hybridized carbons (Fsp3) is 0.571. The summed E-state index contributed by atoms with van der Waals surface area (Å²) in [4.78, 5) is 0. The standard InChI is InChI=1S/C14H21NO/c1-11-5-7-12(8-6-11)14(4)10-15-9-13(2,3)16-14/h5-8,15H,9-10H2,1-4H3. The van der Waals surface area contributed by atoms with Crippen molar-refractivity contribution in [2.45, 2.75) is 38.9 Å². The number of ether oxygens (including phenoxy) is 1. The minimum absolute atomic E-state index is 0.0993. The summed E-state index contributed by atoms with van der Waals surface area (Å²) in [5, 5.41) is 3.45. The molecule has 0 aromatic heterocycles. The summed E-state index contributed by atoms with van der Waals surface area (Å²) in [6, 6.07) is 8.62. The molecule has 0 radical (unpaired) electrons. The molecular weight excluding hydrogens is 198 g/mol. The predicted octanol–water partition coefficient (Wildman–Crippen LogP) is 2.61. The van der Waals surface area contributed by atoms with Crippen molar-refractivity contribution in [3.05, 3.63) is 35.4 Å². The Labute approximate surface area is 98.0 Å². The normalized spacial score (nSPS) is 29.0. The van der Waals surface area contributed by atoms with Crippen LogP contribution in [0.25, 0.3) is 0 Å². The van der Waals surface area contributed by atoms with E-state index in [1.807, 2.05) is 0 Å². The number of rotatable bonds is 1. The van der Waals surface area contributed by atoms with Gasteiger partial charge in [0.05, 0.1) is 5.60 Å². The maximum absolute atomic E-state index is 6.22. The second kappa shape index (κ2) is 3.86. The van der Waals surface area contributed by atoms with E-state index in [1.54, 1.807) is 0 Å². The highest BCUT2D eigenvalue weighted by molar-refractivity contribution is 5.27. The smallest absolute Gasteiger partial charge is 0.103 e. The predicted molar refractivity (Wildman–Crippen MR) is 66.6 cm³/mol. The average Bonchev–Trinajstić information content (AvgIpc) is 2.16. The first-order valence-corrected chi connectivity index (χ1v) is 5.89. The molecule has 1 N–H and O–H groups in total. The van der Waals surface area contributed by atoms with Crippen LogP contribution in [0.3, 0.4) is 0 Å². The largest absolute Gasteiger partial charge is 0.362 e. The van der Waals surface area contributed by atoms with Crippen molar-refractivity contribution < 1.29 is 4.74 Å². The zero-order valence-corrected chi connectivity index (χ0v) is 10.6. The van der Waals surface area contributed by atoms with E-state index >= 15 is 0 Å². The molecule has 1 aliphatic rings. The monoisotopic (exact) mass is 219 g/mol. The van der Waals surface area contributed by atoms with Crippen LogP contribution in [0.1, 0.15) is 31.9 Å². The van der Waals surface area contributed by atoms with Gasteiger partial charge in [0, 0.05) is 13.1 Å². The summed E-state index contributed by atoms with van der Waals surface area (Å²) in [6.45, 7) is 10.3. The Kier molecular flexibility index (Phi) is 2.81. The number of hydrogen-bond donors (Lipinski definition) is 1. The lowest BCUT2D eigenvalue weighted by atomic mass is 9.91. The van der Waals surface area contributed by atoms with Crippen LogP contribution < -0.4 is 5.32 Å². The molecule has 1 aromatic carbocycles. The van der Waals surface area contributed by atoms with Gasteiger partial charge in [-0.15, -0.1) is 0 Å². The molecule has 1 atom stereocenters. The highest BCUT2D eigenvalue weighted by Crippen LogP contribution is 2.32. The van der Waals surface area contributed by atoms with Crippen molar-refractivity contribution in [2.75, 3.05) is 13.1 Å². The molecule has 0 aliphatic carbocycles. The Morgan fingerprint density at radius 2 is 1.69 bits per heavy atom. The van der Waals surface area contributed by atoms with Gasteiger partial charge in [-0.2, -0.15) is 0 Å². The Morgan fingerprint density at radius 1 is 1.06 bits per heavy atom. The van der Waals surface area contributed by atoms with E-state index in [4.69, 9.17) is 4.74 Å². The van der Waals surface area contributed by atoms with Crippen LogP contribution in [0.15, 0.2) is 24.3 Å². The van der Waals surface area contributed by atoms with Gasteiger partial charge in [0.15, 0.2) is 0 Å². The number of aryl methyl sites for hydroxylation is 1. The third-order valence-corrected chi connectivity index (χ3v) is 3.18. The molecule has 88 valence electrons. The quantitative estimate of drug-likeness (QED) is 0.784. The molecule has 1 heterocycles. The first-order valence-electron chi connectivity index (χ1n) is 5.89. The van der Waals surface area contributed by atoms with Crippen LogP contribution >= 0.6 is 0 Å². The molecule has 2 nitrogen and oxygen atoms in total. The van der Waals surface area contributed by atoms with Gasteiger partial charge < -0.3 is 10.1 Å². The SMILES string of the molecule is Cc1ccc(C2(C)CNCC(C)(C)O2)cc1. The van der Waals surface area contributed by atoms with Crippen molar-refractivity contribution in [3.63, 3.8) is 0 Å². The third-order valence-electron chi connectivity index (χ3n) is 3.18. The van der Waals surface area contributed by atoms with Crippen LogP contribution in [-0.4, -0.2) is 18.7 Å². The van der Waals surface area contributed by atoms with Gasteiger partial charge in [-0.25, -0.2) is 0 Å². The lowest BCUT2D eigenvalue weighted by Crippen LogP contribution is -2.55. The van der Waals surface area contributed by atoms with Crippen LogP contribution in [0.4, 0.5) is 0 Å². The molecule has 0 amide bonds. The van der Waals surface area contributed by atoms with Crippen LogP contribution in [0.2, 0.25) is 0 Å². The number of hydrogen-bond acceptors (Lipinski definition) is 2. The zero-order chi connectivity index (χ0) is 11.8. The Morgan fingerprint density at radius 3 is 2.25 bits per heavy atom. The minimum Gasteiger partial charge on any atom is -0.362 e.